The van der Waals surface area contributed by atoms with Crippen LogP contribution < -0.4 is 5.73 Å². The van der Waals surface area contributed by atoms with E-state index in [4.69, 9.17) is 17.3 Å². The minimum Gasteiger partial charge on any atom is -0.399 e. The van der Waals surface area contributed by atoms with E-state index >= 15 is 0 Å². The molecule has 0 fully saturated rings. The molecule has 0 saturated heterocycles. The Morgan fingerprint density at radius 3 is 2.85 bits per heavy atom. The lowest BCUT2D eigenvalue weighted by molar-refractivity contribution is 0.270. The number of nitrogen functional groups attached to an aromatic ring is 1. The van der Waals surface area contributed by atoms with Gasteiger partial charge in [-0.2, -0.15) is 0 Å². The molecule has 1 aromatic heterocycles. The number of rotatable bonds is 2. The third kappa shape index (κ3) is 1.94. The predicted molar refractivity (Wildman–Crippen MR) is 81.2 cm³/mol. The van der Waals surface area contributed by atoms with Gasteiger partial charge in [0.2, 0.25) is 0 Å². The first-order valence-electron chi connectivity index (χ1n) is 6.25. The van der Waals surface area contributed by atoms with E-state index in [2.05, 4.69) is 4.98 Å². The average Bonchev–Trinajstić information content (AvgIpc) is 2.79. The normalized spacial score (nSPS) is 11.2. The van der Waals surface area contributed by atoms with Crippen LogP contribution in [0.3, 0.4) is 0 Å². The molecule has 0 radical (unpaired) electrons. The zero-order chi connectivity index (χ0) is 14.3. The van der Waals surface area contributed by atoms with Crippen LogP contribution in [0, 0.1) is 6.92 Å². The molecule has 5 heteroatoms. The summed E-state index contributed by atoms with van der Waals surface area (Å²) in [7, 11) is 0. The van der Waals surface area contributed by atoms with E-state index in [1.807, 2.05) is 41.8 Å². The molecule has 0 aliphatic rings. The number of aliphatic hydroxyl groups excluding tert-OH is 1. The Kier molecular flexibility index (Phi) is 3.12. The molecule has 0 amide bonds. The lowest BCUT2D eigenvalue weighted by Gasteiger charge is -2.12. The van der Waals surface area contributed by atoms with Crippen LogP contribution >= 0.6 is 11.6 Å². The number of hydrogen-bond donors (Lipinski definition) is 2. The van der Waals surface area contributed by atoms with Crippen molar-refractivity contribution in [3.05, 3.63) is 52.8 Å². The highest BCUT2D eigenvalue weighted by Gasteiger charge is 2.14. The van der Waals surface area contributed by atoms with Crippen LogP contribution in [0.1, 0.15) is 11.4 Å². The first kappa shape index (κ1) is 13.0. The van der Waals surface area contributed by atoms with Crippen molar-refractivity contribution < 1.29 is 5.11 Å². The first-order chi connectivity index (χ1) is 9.61. The van der Waals surface area contributed by atoms with E-state index < -0.39 is 0 Å². The van der Waals surface area contributed by atoms with Gasteiger partial charge < -0.3 is 10.8 Å². The summed E-state index contributed by atoms with van der Waals surface area (Å²) < 4.78 is 1.91. The fourth-order valence-electron chi connectivity index (χ4n) is 2.36. The summed E-state index contributed by atoms with van der Waals surface area (Å²) in [5.41, 5.74) is 9.94. The van der Waals surface area contributed by atoms with E-state index in [-0.39, 0.29) is 6.61 Å². The van der Waals surface area contributed by atoms with Crippen molar-refractivity contribution in [3.8, 4) is 5.69 Å². The number of benzene rings is 2. The monoisotopic (exact) mass is 287 g/mol. The molecule has 3 aromatic rings. The Morgan fingerprint density at radius 2 is 2.10 bits per heavy atom. The SMILES string of the molecule is Cc1c(Cl)cccc1-n1c(CO)nc2cc(N)ccc21. The van der Waals surface area contributed by atoms with Crippen LogP contribution in [-0.4, -0.2) is 14.7 Å². The lowest BCUT2D eigenvalue weighted by atomic mass is 10.2. The average molecular weight is 288 g/mol. The van der Waals surface area contributed by atoms with E-state index in [0.29, 0.717) is 16.5 Å². The highest BCUT2D eigenvalue weighted by molar-refractivity contribution is 6.31. The summed E-state index contributed by atoms with van der Waals surface area (Å²) in [4.78, 5) is 4.43. The van der Waals surface area contributed by atoms with Crippen molar-refractivity contribution in [2.45, 2.75) is 13.5 Å². The molecule has 0 saturated carbocycles. The molecule has 102 valence electrons. The Hall–Kier alpha value is -2.04. The summed E-state index contributed by atoms with van der Waals surface area (Å²) in [6, 6.07) is 11.2. The van der Waals surface area contributed by atoms with Gasteiger partial charge in [0.05, 0.1) is 16.7 Å². The van der Waals surface area contributed by atoms with Crippen molar-refractivity contribution in [2.75, 3.05) is 5.73 Å². The molecule has 3 rings (SSSR count). The Labute approximate surface area is 121 Å². The zero-order valence-corrected chi connectivity index (χ0v) is 11.7. The second-order valence-corrected chi connectivity index (χ2v) is 5.06. The maximum Gasteiger partial charge on any atom is 0.140 e. The van der Waals surface area contributed by atoms with E-state index in [9.17, 15) is 5.11 Å². The molecule has 0 bridgehead atoms. The van der Waals surface area contributed by atoms with Gasteiger partial charge in [0.15, 0.2) is 0 Å². The number of nitrogens with two attached hydrogens (primary N) is 1. The first-order valence-corrected chi connectivity index (χ1v) is 6.63. The summed E-state index contributed by atoms with van der Waals surface area (Å²) in [5, 5.41) is 10.2. The second-order valence-electron chi connectivity index (χ2n) is 4.65. The highest BCUT2D eigenvalue weighted by Crippen LogP contribution is 2.28. The van der Waals surface area contributed by atoms with Gasteiger partial charge in [-0.05, 0) is 42.8 Å². The summed E-state index contributed by atoms with van der Waals surface area (Å²) >= 11 is 6.19. The number of anilines is 1. The van der Waals surface area contributed by atoms with Crippen molar-refractivity contribution in [2.24, 2.45) is 0 Å². The number of nitrogens with zero attached hydrogens (tertiary/aromatic N) is 2. The molecule has 2 aromatic carbocycles. The minimum absolute atomic E-state index is 0.152. The summed E-state index contributed by atoms with van der Waals surface area (Å²) in [6.07, 6.45) is 0. The van der Waals surface area contributed by atoms with Gasteiger partial charge in [-0.1, -0.05) is 17.7 Å². The van der Waals surface area contributed by atoms with Crippen LogP contribution in [0.2, 0.25) is 5.02 Å². The zero-order valence-electron chi connectivity index (χ0n) is 11.0. The molecule has 0 aliphatic heterocycles. The molecular formula is C15H14ClN3O. The van der Waals surface area contributed by atoms with Crippen LogP contribution in [0.25, 0.3) is 16.7 Å². The second kappa shape index (κ2) is 4.81. The standard InChI is InChI=1S/C15H14ClN3O/c1-9-11(16)3-2-4-13(9)19-14-6-5-10(17)7-12(14)18-15(19)8-20/h2-7,20H,8,17H2,1H3. The van der Waals surface area contributed by atoms with E-state index in [1.165, 1.54) is 0 Å². The number of fused-ring (bicyclic) bond motifs is 1. The number of aromatic nitrogens is 2. The Bertz CT molecular complexity index is 795. The topological polar surface area (TPSA) is 64.1 Å². The molecule has 20 heavy (non-hydrogen) atoms. The maximum absolute atomic E-state index is 9.56. The van der Waals surface area contributed by atoms with Crippen LogP contribution in [0.4, 0.5) is 5.69 Å². The Balaban J connectivity index is 2.37. The van der Waals surface area contributed by atoms with Crippen molar-refractivity contribution >= 4 is 28.3 Å². The van der Waals surface area contributed by atoms with Gasteiger partial charge in [-0.15, -0.1) is 0 Å². The smallest absolute Gasteiger partial charge is 0.140 e. The van der Waals surface area contributed by atoms with Crippen molar-refractivity contribution in [1.29, 1.82) is 0 Å². The quantitative estimate of drug-likeness (QED) is 0.712. The van der Waals surface area contributed by atoms with Crippen molar-refractivity contribution in [1.82, 2.24) is 9.55 Å². The molecular weight excluding hydrogens is 274 g/mol. The molecule has 0 atom stereocenters. The van der Waals surface area contributed by atoms with Gasteiger partial charge in [0.1, 0.15) is 12.4 Å². The minimum atomic E-state index is -0.152. The van der Waals surface area contributed by atoms with Gasteiger partial charge in [-0.3, -0.25) is 4.57 Å². The van der Waals surface area contributed by atoms with E-state index in [1.54, 1.807) is 6.07 Å². The molecule has 3 N–H and O–H groups in total. The largest absolute Gasteiger partial charge is 0.399 e. The number of halogens is 1. The number of hydrogen-bond acceptors (Lipinski definition) is 3. The third-order valence-electron chi connectivity index (χ3n) is 3.37. The summed E-state index contributed by atoms with van der Waals surface area (Å²) in [5.74, 6) is 0.566. The third-order valence-corrected chi connectivity index (χ3v) is 3.78. The Morgan fingerprint density at radius 1 is 1.30 bits per heavy atom. The fraction of sp³-hybridized carbons (Fsp3) is 0.133. The molecule has 0 aliphatic carbocycles. The van der Waals surface area contributed by atoms with E-state index in [0.717, 1.165) is 22.3 Å². The van der Waals surface area contributed by atoms with Crippen molar-refractivity contribution in [3.63, 3.8) is 0 Å². The molecule has 4 nitrogen and oxygen atoms in total. The molecule has 1 heterocycles. The maximum atomic E-state index is 9.56. The van der Waals surface area contributed by atoms with Gasteiger partial charge in [0, 0.05) is 10.7 Å². The predicted octanol–water partition coefficient (Wildman–Crippen LogP) is 3.06. The number of aliphatic hydroxyl groups is 1. The lowest BCUT2D eigenvalue weighted by Crippen LogP contribution is -2.03. The van der Waals surface area contributed by atoms with Gasteiger partial charge >= 0.3 is 0 Å². The van der Waals surface area contributed by atoms with Crippen LogP contribution in [0.15, 0.2) is 36.4 Å². The fourth-order valence-corrected chi connectivity index (χ4v) is 2.53. The van der Waals surface area contributed by atoms with Gasteiger partial charge in [-0.25, -0.2) is 4.98 Å². The summed E-state index contributed by atoms with van der Waals surface area (Å²) in [6.45, 7) is 1.79. The highest BCUT2D eigenvalue weighted by atomic mass is 35.5. The molecule has 0 unspecified atom stereocenters. The van der Waals surface area contributed by atoms with Crippen LogP contribution in [-0.2, 0) is 6.61 Å². The van der Waals surface area contributed by atoms with Crippen LogP contribution in [0.5, 0.6) is 0 Å². The number of imidazole rings is 1. The molecule has 0 spiro atoms. The van der Waals surface area contributed by atoms with Gasteiger partial charge in [0.25, 0.3) is 0 Å².